The molecule has 1 aliphatic heterocycles. The van der Waals surface area contributed by atoms with Gasteiger partial charge in [-0.2, -0.15) is 0 Å². The zero-order chi connectivity index (χ0) is 29.8. The molecule has 0 saturated carbocycles. The second-order valence-corrected chi connectivity index (χ2v) is 6.99. The lowest BCUT2D eigenvalue weighted by molar-refractivity contribution is -0.136. The van der Waals surface area contributed by atoms with Crippen LogP contribution in [0.5, 0.6) is 0 Å². The maximum absolute atomic E-state index is 10.7. The first-order valence-corrected chi connectivity index (χ1v) is 11.0. The van der Waals surface area contributed by atoms with Crippen molar-refractivity contribution in [2.24, 2.45) is 0 Å². The van der Waals surface area contributed by atoms with Crippen LogP contribution < -0.4 is 0 Å². The molecule has 0 unspecified atom stereocenters. The molecule has 1 rings (SSSR count). The molecule has 0 radical (unpaired) electrons. The van der Waals surface area contributed by atoms with Crippen molar-refractivity contribution < 1.29 is 53.8 Å². The summed E-state index contributed by atoms with van der Waals surface area (Å²) in [6.45, 7) is 20.2. The van der Waals surface area contributed by atoms with Crippen molar-refractivity contribution in [1.29, 1.82) is 0 Å². The van der Waals surface area contributed by atoms with Gasteiger partial charge in [-0.3, -0.25) is 4.79 Å². The number of likely N-dealkylation sites (tertiary alicyclic amines) is 1. The molecule has 0 aromatic heterocycles. The van der Waals surface area contributed by atoms with Gasteiger partial charge in [-0.05, 0) is 33.4 Å². The fourth-order valence-electron chi connectivity index (χ4n) is 1.49. The van der Waals surface area contributed by atoms with Crippen LogP contribution in [0.2, 0.25) is 0 Å². The van der Waals surface area contributed by atoms with Crippen LogP contribution in [0.3, 0.4) is 0 Å². The lowest BCUT2D eigenvalue weighted by Gasteiger charge is -2.05. The third-order valence-corrected chi connectivity index (χ3v) is 3.44. The molecule has 0 aromatic rings. The number of aliphatic carboxylic acids is 2. The van der Waals surface area contributed by atoms with Crippen molar-refractivity contribution >= 4 is 23.8 Å². The number of carboxylic acids is 2. The van der Waals surface area contributed by atoms with E-state index in [1.165, 1.54) is 21.0 Å². The van der Waals surface area contributed by atoms with E-state index in [1.54, 1.807) is 18.0 Å². The normalized spacial score (nSPS) is 10.9. The standard InChI is InChI=1S/C6H9NO.C6H14O4.C5H8O2.2C4H6O2/c1-2-7-5-3-4-6(7)8;7-1-3-9-5-6-10-4-2-8;1-4(2)5(6)7-3;2*1-3(2)4(5)6/h2H,1,3-5H2;7-8H,1-6H2;1H2,2-3H3;2*1H2,2H3,(H,5,6). The molecule has 1 amide bonds. The van der Waals surface area contributed by atoms with Gasteiger partial charge >= 0.3 is 17.9 Å². The van der Waals surface area contributed by atoms with Crippen LogP contribution in [0.25, 0.3) is 0 Å². The van der Waals surface area contributed by atoms with Crippen molar-refractivity contribution in [3.8, 4) is 0 Å². The molecular weight excluding hydrogens is 490 g/mol. The summed E-state index contributed by atoms with van der Waals surface area (Å²) in [5.74, 6) is -2.01. The minimum Gasteiger partial charge on any atom is -0.478 e. The molecule has 0 atom stereocenters. The molecule has 0 spiro atoms. The Kier molecular flexibility index (Phi) is 31.9. The summed E-state index contributed by atoms with van der Waals surface area (Å²) in [5.41, 5.74) is 0.785. The number of carbonyl (C=O) groups excluding carboxylic acids is 2. The summed E-state index contributed by atoms with van der Waals surface area (Å²) in [5, 5.41) is 32.3. The van der Waals surface area contributed by atoms with E-state index in [1.807, 2.05) is 0 Å². The van der Waals surface area contributed by atoms with Gasteiger partial charge in [0, 0.05) is 29.7 Å². The minimum absolute atomic E-state index is 0.0417. The number of ether oxygens (including phenoxy) is 3. The lowest BCUT2D eigenvalue weighted by Crippen LogP contribution is -2.16. The first-order chi connectivity index (χ1) is 17.2. The highest BCUT2D eigenvalue weighted by molar-refractivity contribution is 5.86. The molecule has 0 aliphatic carbocycles. The molecule has 1 fully saturated rings. The maximum Gasteiger partial charge on any atom is 0.332 e. The topological polar surface area (TPSA) is 180 Å². The van der Waals surface area contributed by atoms with E-state index in [-0.39, 0.29) is 36.2 Å². The average Bonchev–Trinajstić information content (AvgIpc) is 3.27. The number of esters is 1. The van der Waals surface area contributed by atoms with Gasteiger partial charge in [0.05, 0.1) is 46.8 Å². The Labute approximate surface area is 219 Å². The van der Waals surface area contributed by atoms with Gasteiger partial charge in [0.25, 0.3) is 0 Å². The first-order valence-electron chi connectivity index (χ1n) is 11.0. The molecular formula is C25H43NO11. The molecule has 37 heavy (non-hydrogen) atoms. The zero-order valence-corrected chi connectivity index (χ0v) is 22.4. The Morgan fingerprint density at radius 3 is 1.38 bits per heavy atom. The van der Waals surface area contributed by atoms with Crippen LogP contribution in [-0.4, -0.2) is 102 Å². The number of hydrogen-bond donors (Lipinski definition) is 4. The number of methoxy groups -OCH3 is 1. The van der Waals surface area contributed by atoms with E-state index in [4.69, 9.17) is 29.9 Å². The Balaban J connectivity index is -0.000000187. The molecule has 12 nitrogen and oxygen atoms in total. The molecule has 214 valence electrons. The third kappa shape index (κ3) is 34.9. The SMILES string of the molecule is C=C(C)C(=O)O.C=C(C)C(=O)O.C=C(C)C(=O)OC.C=CN1CCCC1=O.OCCOCCOCCO. The number of aliphatic hydroxyl groups excluding tert-OH is 2. The molecule has 1 aliphatic rings. The monoisotopic (exact) mass is 533 g/mol. The number of hydrogen-bond acceptors (Lipinski definition) is 9. The van der Waals surface area contributed by atoms with Crippen LogP contribution in [0.4, 0.5) is 0 Å². The van der Waals surface area contributed by atoms with E-state index in [2.05, 4.69) is 31.1 Å². The zero-order valence-electron chi connectivity index (χ0n) is 22.4. The average molecular weight is 534 g/mol. The first kappa shape index (κ1) is 40.8. The van der Waals surface area contributed by atoms with E-state index < -0.39 is 11.9 Å². The number of carbonyl (C=O) groups is 4. The summed E-state index contributed by atoms with van der Waals surface area (Å²) >= 11 is 0. The Morgan fingerprint density at radius 2 is 1.24 bits per heavy atom. The van der Waals surface area contributed by atoms with Gasteiger partial charge in [0.1, 0.15) is 0 Å². The van der Waals surface area contributed by atoms with Crippen molar-refractivity contribution in [3.05, 3.63) is 49.2 Å². The number of carboxylic acid groups (broad SMARTS) is 2. The van der Waals surface area contributed by atoms with Crippen molar-refractivity contribution in [3.63, 3.8) is 0 Å². The number of aliphatic hydroxyl groups is 2. The number of nitrogens with zero attached hydrogens (tertiary/aromatic N) is 1. The van der Waals surface area contributed by atoms with E-state index in [0.29, 0.717) is 38.4 Å². The smallest absolute Gasteiger partial charge is 0.332 e. The number of rotatable bonds is 11. The Morgan fingerprint density at radius 1 is 0.865 bits per heavy atom. The van der Waals surface area contributed by atoms with Crippen LogP contribution in [0.15, 0.2) is 49.2 Å². The van der Waals surface area contributed by atoms with Crippen LogP contribution in [0.1, 0.15) is 33.6 Å². The van der Waals surface area contributed by atoms with Gasteiger partial charge in [0.15, 0.2) is 0 Å². The van der Waals surface area contributed by atoms with Crippen LogP contribution in [0, 0.1) is 0 Å². The Hall–Kier alpha value is -3.32. The van der Waals surface area contributed by atoms with Crippen LogP contribution in [-0.2, 0) is 33.4 Å². The molecule has 1 saturated heterocycles. The highest BCUT2D eigenvalue weighted by Gasteiger charge is 2.16. The predicted octanol–water partition coefficient (Wildman–Crippen LogP) is 1.79. The van der Waals surface area contributed by atoms with E-state index in [9.17, 15) is 19.2 Å². The van der Waals surface area contributed by atoms with Gasteiger partial charge in [-0.15, -0.1) is 0 Å². The van der Waals surface area contributed by atoms with Gasteiger partial charge in [-0.25, -0.2) is 14.4 Å². The molecule has 4 N–H and O–H groups in total. The Bertz CT molecular complexity index is 661. The summed E-state index contributed by atoms with van der Waals surface area (Å²) < 4.78 is 14.0. The fourth-order valence-corrected chi connectivity index (χ4v) is 1.49. The highest BCUT2D eigenvalue weighted by atomic mass is 16.5. The maximum atomic E-state index is 10.7. The summed E-state index contributed by atoms with van der Waals surface area (Å²) in [4.78, 5) is 41.7. The predicted molar refractivity (Wildman–Crippen MR) is 139 cm³/mol. The van der Waals surface area contributed by atoms with Crippen molar-refractivity contribution in [1.82, 2.24) is 4.90 Å². The minimum atomic E-state index is -0.935. The van der Waals surface area contributed by atoms with Crippen molar-refractivity contribution in [2.75, 3.05) is 53.3 Å². The van der Waals surface area contributed by atoms with Crippen molar-refractivity contribution in [2.45, 2.75) is 33.6 Å². The molecule has 0 aromatic carbocycles. The van der Waals surface area contributed by atoms with Gasteiger partial charge in [-0.1, -0.05) is 26.3 Å². The second kappa shape index (κ2) is 28.9. The highest BCUT2D eigenvalue weighted by Crippen LogP contribution is 2.08. The third-order valence-electron chi connectivity index (χ3n) is 3.44. The van der Waals surface area contributed by atoms with Gasteiger partial charge in [0.2, 0.25) is 5.91 Å². The largest absolute Gasteiger partial charge is 0.478 e. The van der Waals surface area contributed by atoms with E-state index >= 15 is 0 Å². The molecule has 12 heteroatoms. The van der Waals surface area contributed by atoms with Crippen LogP contribution >= 0.6 is 0 Å². The van der Waals surface area contributed by atoms with Gasteiger partial charge < -0.3 is 39.5 Å². The number of amides is 1. The molecule has 0 bridgehead atoms. The lowest BCUT2D eigenvalue weighted by atomic mass is 10.4. The quantitative estimate of drug-likeness (QED) is 0.173. The molecule has 1 heterocycles. The summed E-state index contributed by atoms with van der Waals surface area (Å²) in [6.07, 6.45) is 3.28. The summed E-state index contributed by atoms with van der Waals surface area (Å²) in [7, 11) is 1.33. The fraction of sp³-hybridized carbons (Fsp3) is 0.520. The summed E-state index contributed by atoms with van der Waals surface area (Å²) in [6, 6.07) is 0. The van der Waals surface area contributed by atoms with E-state index in [0.717, 1.165) is 13.0 Å². The second-order valence-electron chi connectivity index (χ2n) is 6.99.